The van der Waals surface area contributed by atoms with Crippen molar-refractivity contribution in [2.75, 3.05) is 13.2 Å². The predicted octanol–water partition coefficient (Wildman–Crippen LogP) is 2.79. The molecule has 1 spiro atoms. The number of cyclic esters (lactones) is 1. The molecule has 2 saturated carbocycles. The van der Waals surface area contributed by atoms with E-state index in [0.29, 0.717) is 25.9 Å². The fourth-order valence-electron chi connectivity index (χ4n) is 7.08. The molecule has 7 heteroatoms. The van der Waals surface area contributed by atoms with Gasteiger partial charge < -0.3 is 23.7 Å². The van der Waals surface area contributed by atoms with Crippen LogP contribution in [0.1, 0.15) is 57.9 Å². The van der Waals surface area contributed by atoms with Crippen LogP contribution >= 0.6 is 0 Å². The maximum absolute atomic E-state index is 12.9. The van der Waals surface area contributed by atoms with Gasteiger partial charge in [0.25, 0.3) is 0 Å². The molecule has 5 rings (SSSR count). The summed E-state index contributed by atoms with van der Waals surface area (Å²) < 4.78 is 22.6. The van der Waals surface area contributed by atoms with Crippen LogP contribution in [-0.4, -0.2) is 47.6 Å². The molecule has 164 valence electrons. The van der Waals surface area contributed by atoms with Crippen molar-refractivity contribution in [3.05, 3.63) is 24.2 Å². The number of furan rings is 1. The van der Waals surface area contributed by atoms with Crippen molar-refractivity contribution >= 4 is 11.9 Å². The number of carbonyl (C=O) groups excluding carboxylic acids is 2. The van der Waals surface area contributed by atoms with Crippen LogP contribution in [0.4, 0.5) is 0 Å². The van der Waals surface area contributed by atoms with E-state index in [1.165, 1.54) is 6.92 Å². The molecule has 1 N–H and O–H groups in total. The van der Waals surface area contributed by atoms with E-state index in [1.54, 1.807) is 12.5 Å². The molecule has 6 atom stereocenters. The first-order valence-corrected chi connectivity index (χ1v) is 11.0. The Balaban J connectivity index is 1.54. The summed E-state index contributed by atoms with van der Waals surface area (Å²) in [5.74, 6) is -0.886. The number of rotatable bonds is 5. The van der Waals surface area contributed by atoms with Gasteiger partial charge in [-0.1, -0.05) is 6.42 Å². The average molecular weight is 418 g/mol. The molecule has 0 aromatic carbocycles. The molecule has 0 amide bonds. The van der Waals surface area contributed by atoms with E-state index in [2.05, 4.69) is 0 Å². The summed E-state index contributed by atoms with van der Waals surface area (Å²) >= 11 is 0. The highest BCUT2D eigenvalue weighted by molar-refractivity contribution is 5.79. The van der Waals surface area contributed by atoms with Crippen LogP contribution in [0.5, 0.6) is 0 Å². The molecule has 0 radical (unpaired) electrons. The maximum atomic E-state index is 12.9. The first-order chi connectivity index (χ1) is 14.3. The van der Waals surface area contributed by atoms with Crippen molar-refractivity contribution < 1.29 is 33.3 Å². The summed E-state index contributed by atoms with van der Waals surface area (Å²) in [5.41, 5.74) is -2.25. The van der Waals surface area contributed by atoms with Crippen molar-refractivity contribution in [3.63, 3.8) is 0 Å². The van der Waals surface area contributed by atoms with Crippen LogP contribution in [0.2, 0.25) is 0 Å². The number of hydrogen-bond donors (Lipinski definition) is 1. The highest BCUT2D eigenvalue weighted by Gasteiger charge is 2.80. The minimum atomic E-state index is -1.15. The van der Waals surface area contributed by atoms with E-state index < -0.39 is 28.1 Å². The quantitative estimate of drug-likeness (QED) is 0.580. The summed E-state index contributed by atoms with van der Waals surface area (Å²) in [4.78, 5) is 24.8. The Kier molecular flexibility index (Phi) is 4.39. The van der Waals surface area contributed by atoms with Crippen LogP contribution in [0.15, 0.2) is 23.0 Å². The van der Waals surface area contributed by atoms with Crippen LogP contribution in [0.25, 0.3) is 0 Å². The van der Waals surface area contributed by atoms with Gasteiger partial charge in [0, 0.05) is 24.7 Å². The lowest BCUT2D eigenvalue weighted by atomic mass is 9.41. The van der Waals surface area contributed by atoms with Crippen LogP contribution < -0.4 is 0 Å². The van der Waals surface area contributed by atoms with E-state index in [-0.39, 0.29) is 24.5 Å². The molecule has 0 unspecified atom stereocenters. The molecule has 2 saturated heterocycles. The summed E-state index contributed by atoms with van der Waals surface area (Å²) in [6.07, 6.45) is 7.67. The molecule has 1 aromatic rings. The molecule has 4 aliphatic rings. The van der Waals surface area contributed by atoms with E-state index in [0.717, 1.165) is 31.2 Å². The zero-order valence-electron chi connectivity index (χ0n) is 17.6. The standard InChI is InChI=1S/C23H30O7/c1-15(24)30-17-11-22(14-29-22)23(26,9-3-5-16-6-10-27-12-16)21-8-4-7-20(2,18(17)21)19(25)28-13-21/h6,10,12,17-18,26H,3-5,7-9,11,13-14H2,1-2H3/t17-,18-,20+,21-,22-,23+/m1/s1. The molecule has 1 aromatic heterocycles. The van der Waals surface area contributed by atoms with Crippen molar-refractivity contribution in [1.29, 1.82) is 0 Å². The van der Waals surface area contributed by atoms with Gasteiger partial charge in [0.05, 0.1) is 24.5 Å². The number of carbonyl (C=O) groups is 2. The van der Waals surface area contributed by atoms with Gasteiger partial charge in [-0.05, 0) is 50.7 Å². The number of epoxide rings is 1. The Morgan fingerprint density at radius 3 is 2.80 bits per heavy atom. The normalized spacial score (nSPS) is 44.3. The first-order valence-electron chi connectivity index (χ1n) is 11.0. The highest BCUT2D eigenvalue weighted by Crippen LogP contribution is 2.70. The zero-order valence-corrected chi connectivity index (χ0v) is 17.6. The summed E-state index contributed by atoms with van der Waals surface area (Å²) in [6.45, 7) is 3.91. The first kappa shape index (κ1) is 20.1. The minimum Gasteiger partial charge on any atom is -0.472 e. The maximum Gasteiger partial charge on any atom is 0.312 e. The Bertz CT molecular complexity index is 844. The largest absolute Gasteiger partial charge is 0.472 e. The van der Waals surface area contributed by atoms with Crippen molar-refractivity contribution in [3.8, 4) is 0 Å². The average Bonchev–Trinajstić information content (AvgIpc) is 3.27. The number of esters is 2. The molecule has 30 heavy (non-hydrogen) atoms. The number of ether oxygens (including phenoxy) is 3. The monoisotopic (exact) mass is 418 g/mol. The van der Waals surface area contributed by atoms with Crippen LogP contribution in [0, 0.1) is 16.7 Å². The molecule has 2 aliphatic heterocycles. The Hall–Kier alpha value is -1.86. The van der Waals surface area contributed by atoms with Crippen molar-refractivity contribution in [2.45, 2.75) is 76.1 Å². The van der Waals surface area contributed by atoms with Gasteiger partial charge in [-0.25, -0.2) is 0 Å². The van der Waals surface area contributed by atoms with Gasteiger partial charge in [-0.2, -0.15) is 0 Å². The summed E-state index contributed by atoms with van der Waals surface area (Å²) in [6, 6.07) is 1.94. The number of aryl methyl sites for hydroxylation is 1. The molecular formula is C23H30O7. The fourth-order valence-corrected chi connectivity index (χ4v) is 7.08. The lowest BCUT2D eigenvalue weighted by molar-refractivity contribution is -0.296. The van der Waals surface area contributed by atoms with Crippen LogP contribution in [0.3, 0.4) is 0 Å². The molecule has 4 fully saturated rings. The molecule has 3 heterocycles. The third kappa shape index (κ3) is 2.57. The Morgan fingerprint density at radius 1 is 1.33 bits per heavy atom. The van der Waals surface area contributed by atoms with E-state index in [1.807, 2.05) is 13.0 Å². The Morgan fingerprint density at radius 2 is 2.13 bits per heavy atom. The predicted molar refractivity (Wildman–Crippen MR) is 104 cm³/mol. The second kappa shape index (κ2) is 6.57. The van der Waals surface area contributed by atoms with E-state index >= 15 is 0 Å². The minimum absolute atomic E-state index is 0.150. The van der Waals surface area contributed by atoms with Crippen molar-refractivity contribution in [1.82, 2.24) is 0 Å². The fraction of sp³-hybridized carbons (Fsp3) is 0.739. The van der Waals surface area contributed by atoms with Gasteiger partial charge in [-0.3, -0.25) is 9.59 Å². The number of aliphatic hydroxyl groups is 1. The third-order valence-corrected chi connectivity index (χ3v) is 8.40. The highest BCUT2D eigenvalue weighted by atomic mass is 16.6. The van der Waals surface area contributed by atoms with Gasteiger partial charge in [0.15, 0.2) is 0 Å². The lowest BCUT2D eigenvalue weighted by Gasteiger charge is -2.66. The van der Waals surface area contributed by atoms with E-state index in [4.69, 9.17) is 18.6 Å². The van der Waals surface area contributed by atoms with Gasteiger partial charge in [-0.15, -0.1) is 0 Å². The summed E-state index contributed by atoms with van der Waals surface area (Å²) in [5, 5.41) is 12.4. The smallest absolute Gasteiger partial charge is 0.312 e. The van der Waals surface area contributed by atoms with Gasteiger partial charge in [0.2, 0.25) is 0 Å². The second-order valence-electron chi connectivity index (χ2n) is 9.96. The lowest BCUT2D eigenvalue weighted by Crippen LogP contribution is -2.76. The topological polar surface area (TPSA) is 98.5 Å². The van der Waals surface area contributed by atoms with Crippen molar-refractivity contribution in [2.24, 2.45) is 16.7 Å². The molecule has 7 nitrogen and oxygen atoms in total. The van der Waals surface area contributed by atoms with E-state index in [9.17, 15) is 14.7 Å². The summed E-state index contributed by atoms with van der Waals surface area (Å²) in [7, 11) is 0. The molecule has 2 bridgehead atoms. The zero-order chi connectivity index (χ0) is 21.2. The third-order valence-electron chi connectivity index (χ3n) is 8.40. The van der Waals surface area contributed by atoms with Gasteiger partial charge in [0.1, 0.15) is 23.9 Å². The molecular weight excluding hydrogens is 388 g/mol. The van der Waals surface area contributed by atoms with Crippen LogP contribution in [-0.2, 0) is 30.2 Å². The SMILES string of the molecule is CC(=O)O[C@@H]1C[C@@]2(CO2)[C@](O)(CCCc2ccoc2)[C@]23CCC[C@](C)(C(=O)OC2)[C@@H]13. The number of hydrogen-bond acceptors (Lipinski definition) is 7. The molecule has 2 aliphatic carbocycles. The Labute approximate surface area is 176 Å². The van der Waals surface area contributed by atoms with Gasteiger partial charge >= 0.3 is 11.9 Å². The second-order valence-corrected chi connectivity index (χ2v) is 9.96.